The second-order valence-corrected chi connectivity index (χ2v) is 4.25. The van der Waals surface area contributed by atoms with Crippen LogP contribution >= 0.6 is 11.6 Å². The first-order chi connectivity index (χ1) is 8.63. The zero-order valence-corrected chi connectivity index (χ0v) is 10.9. The van der Waals surface area contributed by atoms with E-state index < -0.39 is 0 Å². The molecule has 0 bridgehead atoms. The predicted octanol–water partition coefficient (Wildman–Crippen LogP) is 3.28. The van der Waals surface area contributed by atoms with Gasteiger partial charge in [-0.05, 0) is 37.3 Å². The van der Waals surface area contributed by atoms with Crippen LogP contribution in [0.2, 0.25) is 5.02 Å². The third kappa shape index (κ3) is 2.36. The van der Waals surface area contributed by atoms with Gasteiger partial charge in [0.1, 0.15) is 5.75 Å². The molecule has 3 nitrogen and oxygen atoms in total. The summed E-state index contributed by atoms with van der Waals surface area (Å²) < 4.78 is 5.18. The molecular formula is C14H12ClNO2. The van der Waals surface area contributed by atoms with E-state index in [2.05, 4.69) is 4.98 Å². The molecule has 1 heterocycles. The van der Waals surface area contributed by atoms with Crippen LogP contribution in [-0.4, -0.2) is 17.9 Å². The number of carbonyl (C=O) groups is 1. The molecular weight excluding hydrogens is 250 g/mol. The molecule has 0 saturated carbocycles. The normalized spacial score (nSPS) is 10.2. The lowest BCUT2D eigenvalue weighted by Crippen LogP contribution is -2.06. The van der Waals surface area contributed by atoms with Gasteiger partial charge in [0.15, 0.2) is 5.78 Å². The first-order valence-electron chi connectivity index (χ1n) is 5.43. The van der Waals surface area contributed by atoms with E-state index in [9.17, 15) is 4.79 Å². The molecule has 2 aromatic rings. The van der Waals surface area contributed by atoms with Crippen molar-refractivity contribution in [1.29, 1.82) is 0 Å². The van der Waals surface area contributed by atoms with Gasteiger partial charge in [0.2, 0.25) is 0 Å². The van der Waals surface area contributed by atoms with Gasteiger partial charge in [0, 0.05) is 22.5 Å². The minimum Gasteiger partial charge on any atom is -0.496 e. The van der Waals surface area contributed by atoms with Crippen LogP contribution in [0.5, 0.6) is 5.75 Å². The van der Waals surface area contributed by atoms with Crippen LogP contribution in [-0.2, 0) is 0 Å². The number of aromatic nitrogens is 1. The van der Waals surface area contributed by atoms with Gasteiger partial charge in [0.05, 0.1) is 12.7 Å². The number of nitrogens with zero attached hydrogens (tertiary/aromatic N) is 1. The molecule has 1 aromatic carbocycles. The number of ether oxygens (including phenoxy) is 1. The number of ketones is 1. The summed E-state index contributed by atoms with van der Waals surface area (Å²) in [6.07, 6.45) is 1.65. The average molecular weight is 262 g/mol. The second-order valence-electron chi connectivity index (χ2n) is 3.81. The van der Waals surface area contributed by atoms with Crippen molar-refractivity contribution in [2.24, 2.45) is 0 Å². The Morgan fingerprint density at radius 1 is 1.28 bits per heavy atom. The fourth-order valence-electron chi connectivity index (χ4n) is 1.73. The number of benzene rings is 1. The number of halogens is 1. The molecule has 0 saturated heterocycles. The summed E-state index contributed by atoms with van der Waals surface area (Å²) in [7, 11) is 1.52. The molecule has 4 heteroatoms. The number of aryl methyl sites for hydroxylation is 1. The molecule has 18 heavy (non-hydrogen) atoms. The highest BCUT2D eigenvalue weighted by Crippen LogP contribution is 2.25. The van der Waals surface area contributed by atoms with Crippen LogP contribution < -0.4 is 4.74 Å². The van der Waals surface area contributed by atoms with Crippen LogP contribution in [0.4, 0.5) is 0 Å². The summed E-state index contributed by atoms with van der Waals surface area (Å²) in [6.45, 7) is 1.80. The maximum atomic E-state index is 12.4. The quantitative estimate of drug-likeness (QED) is 0.796. The van der Waals surface area contributed by atoms with E-state index in [1.807, 2.05) is 0 Å². The molecule has 0 amide bonds. The maximum Gasteiger partial charge on any atom is 0.198 e. The van der Waals surface area contributed by atoms with Gasteiger partial charge >= 0.3 is 0 Å². The van der Waals surface area contributed by atoms with Crippen LogP contribution in [0.3, 0.4) is 0 Å². The average Bonchev–Trinajstić information content (AvgIpc) is 2.38. The molecule has 0 unspecified atom stereocenters. The van der Waals surface area contributed by atoms with Gasteiger partial charge in [-0.1, -0.05) is 11.6 Å². The number of carbonyl (C=O) groups excluding carboxylic acids is 1. The van der Waals surface area contributed by atoms with Crippen molar-refractivity contribution in [2.45, 2.75) is 6.92 Å². The van der Waals surface area contributed by atoms with Gasteiger partial charge < -0.3 is 4.74 Å². The summed E-state index contributed by atoms with van der Waals surface area (Å²) in [5.41, 5.74) is 1.68. The SMILES string of the molecule is COc1ccc(Cl)cc1C(=O)c1cccnc1C. The highest BCUT2D eigenvalue weighted by atomic mass is 35.5. The molecule has 0 fully saturated rings. The van der Waals surface area contributed by atoms with Gasteiger partial charge in [-0.15, -0.1) is 0 Å². The first-order valence-corrected chi connectivity index (χ1v) is 5.81. The Bertz CT molecular complexity index is 596. The number of pyridine rings is 1. The molecule has 0 N–H and O–H groups in total. The number of hydrogen-bond donors (Lipinski definition) is 0. The Balaban J connectivity index is 2.52. The smallest absolute Gasteiger partial charge is 0.198 e. The van der Waals surface area contributed by atoms with Crippen LogP contribution in [0, 0.1) is 6.92 Å². The molecule has 0 aliphatic carbocycles. The maximum absolute atomic E-state index is 12.4. The van der Waals surface area contributed by atoms with Crippen molar-refractivity contribution in [3.63, 3.8) is 0 Å². The van der Waals surface area contributed by atoms with Crippen molar-refractivity contribution in [2.75, 3.05) is 7.11 Å². The minimum atomic E-state index is -0.139. The molecule has 1 aromatic heterocycles. The molecule has 0 aliphatic rings. The van der Waals surface area contributed by atoms with E-state index in [1.54, 1.807) is 43.5 Å². The fourth-order valence-corrected chi connectivity index (χ4v) is 1.90. The molecule has 0 aliphatic heterocycles. The Morgan fingerprint density at radius 3 is 2.72 bits per heavy atom. The molecule has 0 atom stereocenters. The Kier molecular flexibility index (Phi) is 3.63. The van der Waals surface area contributed by atoms with Gasteiger partial charge in [-0.2, -0.15) is 0 Å². The van der Waals surface area contributed by atoms with Crippen LogP contribution in [0.1, 0.15) is 21.6 Å². The van der Waals surface area contributed by atoms with E-state index >= 15 is 0 Å². The fraction of sp³-hybridized carbons (Fsp3) is 0.143. The van der Waals surface area contributed by atoms with Gasteiger partial charge in [0.25, 0.3) is 0 Å². The monoisotopic (exact) mass is 261 g/mol. The number of hydrogen-bond acceptors (Lipinski definition) is 3. The van der Waals surface area contributed by atoms with Crippen LogP contribution in [0.25, 0.3) is 0 Å². The Hall–Kier alpha value is -1.87. The zero-order chi connectivity index (χ0) is 13.1. The van der Waals surface area contributed by atoms with E-state index in [0.717, 1.165) is 0 Å². The summed E-state index contributed by atoms with van der Waals surface area (Å²) in [5.74, 6) is 0.368. The van der Waals surface area contributed by atoms with E-state index in [-0.39, 0.29) is 5.78 Å². The molecule has 92 valence electrons. The summed E-state index contributed by atoms with van der Waals surface area (Å²) >= 11 is 5.92. The van der Waals surface area contributed by atoms with Gasteiger partial charge in [-0.3, -0.25) is 9.78 Å². The van der Waals surface area contributed by atoms with Crippen molar-refractivity contribution in [3.8, 4) is 5.75 Å². The van der Waals surface area contributed by atoms with E-state index in [0.29, 0.717) is 27.6 Å². The predicted molar refractivity (Wildman–Crippen MR) is 70.4 cm³/mol. The van der Waals surface area contributed by atoms with E-state index in [4.69, 9.17) is 16.3 Å². The van der Waals surface area contributed by atoms with Crippen molar-refractivity contribution >= 4 is 17.4 Å². The second kappa shape index (κ2) is 5.19. The van der Waals surface area contributed by atoms with Gasteiger partial charge in [-0.25, -0.2) is 0 Å². The Labute approximate surface area is 110 Å². The lowest BCUT2D eigenvalue weighted by Gasteiger charge is -2.09. The van der Waals surface area contributed by atoms with Crippen molar-refractivity contribution in [1.82, 2.24) is 4.98 Å². The van der Waals surface area contributed by atoms with Crippen molar-refractivity contribution < 1.29 is 9.53 Å². The summed E-state index contributed by atoms with van der Waals surface area (Å²) in [5, 5.41) is 0.501. The Morgan fingerprint density at radius 2 is 2.06 bits per heavy atom. The molecule has 2 rings (SSSR count). The summed E-state index contributed by atoms with van der Waals surface area (Å²) in [4.78, 5) is 16.5. The number of methoxy groups -OCH3 is 1. The molecule has 0 radical (unpaired) electrons. The first kappa shape index (κ1) is 12.6. The lowest BCUT2D eigenvalue weighted by molar-refractivity contribution is 0.103. The third-order valence-corrected chi connectivity index (χ3v) is 2.89. The number of rotatable bonds is 3. The highest BCUT2D eigenvalue weighted by Gasteiger charge is 2.17. The molecule has 0 spiro atoms. The third-order valence-electron chi connectivity index (χ3n) is 2.66. The van der Waals surface area contributed by atoms with Crippen molar-refractivity contribution in [3.05, 3.63) is 58.4 Å². The van der Waals surface area contributed by atoms with Crippen LogP contribution in [0.15, 0.2) is 36.5 Å². The highest BCUT2D eigenvalue weighted by molar-refractivity contribution is 6.31. The zero-order valence-electron chi connectivity index (χ0n) is 10.1. The topological polar surface area (TPSA) is 39.2 Å². The largest absolute Gasteiger partial charge is 0.496 e. The lowest BCUT2D eigenvalue weighted by atomic mass is 10.0. The standard InChI is InChI=1S/C14H12ClNO2/c1-9-11(4-3-7-16-9)14(17)12-8-10(15)5-6-13(12)18-2/h3-8H,1-2H3. The minimum absolute atomic E-state index is 0.139. The summed E-state index contributed by atoms with van der Waals surface area (Å²) in [6, 6.07) is 8.45. The van der Waals surface area contributed by atoms with E-state index in [1.165, 1.54) is 7.11 Å².